The zero-order valence-electron chi connectivity index (χ0n) is 10.2. The van der Waals surface area contributed by atoms with Crippen LogP contribution in [-0.2, 0) is 9.59 Å². The maximum Gasteiger partial charge on any atom is 0.309 e. The van der Waals surface area contributed by atoms with Crippen molar-refractivity contribution in [1.29, 1.82) is 0 Å². The molecule has 94 valence electrons. The van der Waals surface area contributed by atoms with Crippen LogP contribution in [0.5, 0.6) is 0 Å². The van der Waals surface area contributed by atoms with Gasteiger partial charge in [-0.1, -0.05) is 26.2 Å². The van der Waals surface area contributed by atoms with E-state index >= 15 is 0 Å². The molecule has 0 saturated carbocycles. The zero-order valence-corrected chi connectivity index (χ0v) is 10.2. The van der Waals surface area contributed by atoms with E-state index in [2.05, 4.69) is 0 Å². The molecule has 0 aliphatic rings. The highest BCUT2D eigenvalue weighted by Crippen LogP contribution is 2.28. The molecule has 0 bridgehead atoms. The number of aliphatic carboxylic acids is 2. The van der Waals surface area contributed by atoms with E-state index in [-0.39, 0.29) is 6.42 Å². The van der Waals surface area contributed by atoms with Gasteiger partial charge in [-0.15, -0.1) is 0 Å². The van der Waals surface area contributed by atoms with Crippen molar-refractivity contribution in [3.63, 3.8) is 0 Å². The van der Waals surface area contributed by atoms with E-state index in [0.29, 0.717) is 19.3 Å². The number of hydrogen-bond donors (Lipinski definition) is 2. The van der Waals surface area contributed by atoms with Crippen LogP contribution in [0.2, 0.25) is 0 Å². The van der Waals surface area contributed by atoms with E-state index in [0.717, 1.165) is 19.3 Å². The molecule has 1 unspecified atom stereocenters. The van der Waals surface area contributed by atoms with Gasteiger partial charge in [0.2, 0.25) is 0 Å². The van der Waals surface area contributed by atoms with E-state index in [1.165, 1.54) is 0 Å². The minimum absolute atomic E-state index is 0.212. The quantitative estimate of drug-likeness (QED) is 0.597. The van der Waals surface area contributed by atoms with E-state index in [4.69, 9.17) is 10.2 Å². The first kappa shape index (κ1) is 14.9. The third-order valence-electron chi connectivity index (χ3n) is 3.17. The van der Waals surface area contributed by atoms with E-state index in [9.17, 15) is 9.59 Å². The van der Waals surface area contributed by atoms with Crippen molar-refractivity contribution in [2.24, 2.45) is 5.41 Å². The third kappa shape index (κ3) is 5.73. The largest absolute Gasteiger partial charge is 0.481 e. The molecule has 0 aliphatic carbocycles. The number of carbonyl (C=O) groups is 2. The lowest BCUT2D eigenvalue weighted by molar-refractivity contribution is -0.148. The van der Waals surface area contributed by atoms with Crippen molar-refractivity contribution in [3.8, 4) is 0 Å². The Labute approximate surface area is 96.7 Å². The fourth-order valence-corrected chi connectivity index (χ4v) is 1.58. The standard InChI is InChI=1S/C12H22O4/c1-3-12(2,11(15)16)9-7-5-4-6-8-10(13)14/h3-9H2,1-2H3,(H,13,14)(H,15,16). The Morgan fingerprint density at radius 3 is 2.06 bits per heavy atom. The van der Waals surface area contributed by atoms with Crippen LogP contribution in [0.25, 0.3) is 0 Å². The fourth-order valence-electron chi connectivity index (χ4n) is 1.58. The zero-order chi connectivity index (χ0) is 12.6. The molecule has 0 aliphatic heterocycles. The van der Waals surface area contributed by atoms with Gasteiger partial charge in [-0.3, -0.25) is 9.59 Å². The summed E-state index contributed by atoms with van der Waals surface area (Å²) >= 11 is 0. The van der Waals surface area contributed by atoms with Gasteiger partial charge in [-0.2, -0.15) is 0 Å². The van der Waals surface area contributed by atoms with Crippen LogP contribution < -0.4 is 0 Å². The van der Waals surface area contributed by atoms with Crippen molar-refractivity contribution in [3.05, 3.63) is 0 Å². The third-order valence-corrected chi connectivity index (χ3v) is 3.17. The van der Waals surface area contributed by atoms with Crippen LogP contribution in [0.3, 0.4) is 0 Å². The average molecular weight is 230 g/mol. The maximum absolute atomic E-state index is 11.0. The molecule has 0 rings (SSSR count). The van der Waals surface area contributed by atoms with Gasteiger partial charge in [0.1, 0.15) is 0 Å². The van der Waals surface area contributed by atoms with Gasteiger partial charge in [0.05, 0.1) is 5.41 Å². The van der Waals surface area contributed by atoms with Gasteiger partial charge in [-0.05, 0) is 26.2 Å². The Bertz CT molecular complexity index is 237. The predicted octanol–water partition coefficient (Wildman–Crippen LogP) is 2.91. The Kier molecular flexibility index (Phi) is 6.77. The highest BCUT2D eigenvalue weighted by Gasteiger charge is 2.29. The number of unbranched alkanes of at least 4 members (excludes halogenated alkanes) is 3. The molecule has 0 aromatic rings. The summed E-state index contributed by atoms with van der Waals surface area (Å²) in [6.07, 6.45) is 4.84. The lowest BCUT2D eigenvalue weighted by Gasteiger charge is -2.22. The molecule has 0 spiro atoms. The summed E-state index contributed by atoms with van der Waals surface area (Å²) < 4.78 is 0. The molecular formula is C12H22O4. The molecule has 16 heavy (non-hydrogen) atoms. The summed E-state index contributed by atoms with van der Waals surface area (Å²) in [5.74, 6) is -1.50. The Balaban J connectivity index is 3.64. The van der Waals surface area contributed by atoms with Crippen LogP contribution in [-0.4, -0.2) is 22.2 Å². The molecule has 0 radical (unpaired) electrons. The van der Waals surface area contributed by atoms with Crippen molar-refractivity contribution in [1.82, 2.24) is 0 Å². The summed E-state index contributed by atoms with van der Waals surface area (Å²) in [7, 11) is 0. The fraction of sp³-hybridized carbons (Fsp3) is 0.833. The van der Waals surface area contributed by atoms with Crippen LogP contribution in [0.1, 0.15) is 58.8 Å². The van der Waals surface area contributed by atoms with Gasteiger partial charge in [0.15, 0.2) is 0 Å². The predicted molar refractivity (Wildman–Crippen MR) is 61.4 cm³/mol. The first-order valence-corrected chi connectivity index (χ1v) is 5.87. The second-order valence-electron chi connectivity index (χ2n) is 4.53. The summed E-state index contributed by atoms with van der Waals surface area (Å²) in [6, 6.07) is 0. The molecule has 0 saturated heterocycles. The Morgan fingerprint density at radius 1 is 1.06 bits per heavy atom. The van der Waals surface area contributed by atoms with Crippen LogP contribution >= 0.6 is 0 Å². The molecule has 0 heterocycles. The summed E-state index contributed by atoms with van der Waals surface area (Å²) in [5, 5.41) is 17.5. The summed E-state index contributed by atoms with van der Waals surface area (Å²) in [6.45, 7) is 3.66. The Morgan fingerprint density at radius 2 is 1.62 bits per heavy atom. The van der Waals surface area contributed by atoms with Crippen molar-refractivity contribution in [2.75, 3.05) is 0 Å². The molecule has 0 aromatic carbocycles. The minimum atomic E-state index is -0.760. The highest BCUT2D eigenvalue weighted by atomic mass is 16.4. The molecule has 0 amide bonds. The second kappa shape index (κ2) is 7.25. The second-order valence-corrected chi connectivity index (χ2v) is 4.53. The number of rotatable bonds is 9. The normalized spacial score (nSPS) is 14.4. The number of carboxylic acids is 2. The summed E-state index contributed by atoms with van der Waals surface area (Å²) in [5.41, 5.74) is -0.618. The smallest absolute Gasteiger partial charge is 0.309 e. The lowest BCUT2D eigenvalue weighted by atomic mass is 9.82. The number of hydrogen-bond acceptors (Lipinski definition) is 2. The molecule has 4 nitrogen and oxygen atoms in total. The van der Waals surface area contributed by atoms with Gasteiger partial charge < -0.3 is 10.2 Å². The highest BCUT2D eigenvalue weighted by molar-refractivity contribution is 5.73. The molecule has 1 atom stereocenters. The molecule has 0 aromatic heterocycles. The molecule has 4 heteroatoms. The van der Waals surface area contributed by atoms with E-state index < -0.39 is 17.4 Å². The molecule has 0 fully saturated rings. The van der Waals surface area contributed by atoms with Crippen molar-refractivity contribution >= 4 is 11.9 Å². The minimum Gasteiger partial charge on any atom is -0.481 e. The van der Waals surface area contributed by atoms with Crippen molar-refractivity contribution in [2.45, 2.75) is 58.8 Å². The van der Waals surface area contributed by atoms with E-state index in [1.807, 2.05) is 6.92 Å². The maximum atomic E-state index is 11.0. The van der Waals surface area contributed by atoms with Gasteiger partial charge in [0, 0.05) is 6.42 Å². The van der Waals surface area contributed by atoms with Gasteiger partial charge in [-0.25, -0.2) is 0 Å². The topological polar surface area (TPSA) is 74.6 Å². The van der Waals surface area contributed by atoms with Crippen LogP contribution in [0.15, 0.2) is 0 Å². The first-order chi connectivity index (χ1) is 7.42. The Hall–Kier alpha value is -1.06. The van der Waals surface area contributed by atoms with Crippen LogP contribution in [0, 0.1) is 5.41 Å². The lowest BCUT2D eigenvalue weighted by Crippen LogP contribution is -2.26. The van der Waals surface area contributed by atoms with Crippen molar-refractivity contribution < 1.29 is 19.8 Å². The molecule has 2 N–H and O–H groups in total. The summed E-state index contributed by atoms with van der Waals surface area (Å²) in [4.78, 5) is 21.2. The van der Waals surface area contributed by atoms with Crippen LogP contribution in [0.4, 0.5) is 0 Å². The monoisotopic (exact) mass is 230 g/mol. The average Bonchev–Trinajstić information content (AvgIpc) is 2.22. The van der Waals surface area contributed by atoms with Gasteiger partial charge in [0.25, 0.3) is 0 Å². The number of carboxylic acid groups (broad SMARTS) is 2. The van der Waals surface area contributed by atoms with Gasteiger partial charge >= 0.3 is 11.9 Å². The SMILES string of the molecule is CCC(C)(CCCCCCC(=O)O)C(=O)O. The van der Waals surface area contributed by atoms with E-state index in [1.54, 1.807) is 6.92 Å². The first-order valence-electron chi connectivity index (χ1n) is 5.87. The molecular weight excluding hydrogens is 208 g/mol.